The molecule has 0 spiro atoms. The van der Waals surface area contributed by atoms with E-state index in [0.717, 1.165) is 16.7 Å². The first-order chi connectivity index (χ1) is 12.3. The Labute approximate surface area is 152 Å². The standard InChI is InChI=1S/C20H22O6/c1-12-9-14(5-8-18(21)25-4)10-13(2)19(12)26-15-6-7-17(24-3)16(11-15)20(22)23/h6-7,9-11H,5,8H2,1-4H3,(H,22,23). The minimum atomic E-state index is -1.08. The third-order valence-electron chi connectivity index (χ3n) is 3.99. The van der Waals surface area contributed by atoms with Gasteiger partial charge in [-0.1, -0.05) is 12.1 Å². The molecule has 6 nitrogen and oxygen atoms in total. The topological polar surface area (TPSA) is 82.1 Å². The fourth-order valence-corrected chi connectivity index (χ4v) is 2.73. The van der Waals surface area contributed by atoms with Crippen LogP contribution in [0.4, 0.5) is 0 Å². The second kappa shape index (κ2) is 8.38. The molecular weight excluding hydrogens is 336 g/mol. The predicted octanol–water partition coefficient (Wildman–Crippen LogP) is 3.91. The van der Waals surface area contributed by atoms with E-state index in [1.165, 1.54) is 20.3 Å². The van der Waals surface area contributed by atoms with Crippen molar-refractivity contribution in [3.05, 3.63) is 52.6 Å². The van der Waals surface area contributed by atoms with Crippen LogP contribution >= 0.6 is 0 Å². The Bertz CT molecular complexity index is 802. The van der Waals surface area contributed by atoms with Crippen LogP contribution in [0.3, 0.4) is 0 Å². The third kappa shape index (κ3) is 4.53. The van der Waals surface area contributed by atoms with Gasteiger partial charge in [0.15, 0.2) is 0 Å². The van der Waals surface area contributed by atoms with Gasteiger partial charge in [0, 0.05) is 6.42 Å². The van der Waals surface area contributed by atoms with Gasteiger partial charge in [0.25, 0.3) is 0 Å². The predicted molar refractivity (Wildman–Crippen MR) is 96.3 cm³/mol. The van der Waals surface area contributed by atoms with E-state index in [-0.39, 0.29) is 17.3 Å². The van der Waals surface area contributed by atoms with E-state index >= 15 is 0 Å². The molecule has 0 saturated heterocycles. The highest BCUT2D eigenvalue weighted by Gasteiger charge is 2.14. The Morgan fingerprint density at radius 3 is 2.23 bits per heavy atom. The summed E-state index contributed by atoms with van der Waals surface area (Å²) in [6, 6.07) is 8.56. The Kier molecular flexibility index (Phi) is 6.22. The Hall–Kier alpha value is -3.02. The van der Waals surface area contributed by atoms with Crippen molar-refractivity contribution < 1.29 is 28.9 Å². The van der Waals surface area contributed by atoms with Gasteiger partial charge < -0.3 is 19.3 Å². The zero-order valence-corrected chi connectivity index (χ0v) is 15.3. The van der Waals surface area contributed by atoms with E-state index in [0.29, 0.717) is 24.3 Å². The molecule has 0 heterocycles. The van der Waals surface area contributed by atoms with E-state index < -0.39 is 5.97 Å². The van der Waals surface area contributed by atoms with Crippen molar-refractivity contribution in [3.8, 4) is 17.2 Å². The zero-order valence-electron chi connectivity index (χ0n) is 15.3. The van der Waals surface area contributed by atoms with Crippen LogP contribution in [0.2, 0.25) is 0 Å². The van der Waals surface area contributed by atoms with Gasteiger partial charge in [-0.25, -0.2) is 4.79 Å². The molecule has 138 valence electrons. The number of carbonyl (C=O) groups excluding carboxylic acids is 1. The maximum Gasteiger partial charge on any atom is 0.339 e. The molecule has 0 bridgehead atoms. The molecule has 0 amide bonds. The summed E-state index contributed by atoms with van der Waals surface area (Å²) in [5.74, 6) is 0.0143. The first kappa shape index (κ1) is 19.3. The average molecular weight is 358 g/mol. The van der Waals surface area contributed by atoms with Gasteiger partial charge in [-0.3, -0.25) is 4.79 Å². The van der Waals surface area contributed by atoms with Crippen LogP contribution in [0, 0.1) is 13.8 Å². The molecule has 0 aliphatic carbocycles. The van der Waals surface area contributed by atoms with Crippen molar-refractivity contribution in [1.82, 2.24) is 0 Å². The van der Waals surface area contributed by atoms with Crippen molar-refractivity contribution in [2.24, 2.45) is 0 Å². The summed E-state index contributed by atoms with van der Waals surface area (Å²) < 4.78 is 15.6. The second-order valence-corrected chi connectivity index (χ2v) is 5.90. The Morgan fingerprint density at radius 2 is 1.69 bits per heavy atom. The summed E-state index contributed by atoms with van der Waals surface area (Å²) in [5.41, 5.74) is 2.85. The quantitative estimate of drug-likeness (QED) is 0.756. The molecule has 2 rings (SSSR count). The molecule has 6 heteroatoms. The van der Waals surface area contributed by atoms with E-state index in [1.807, 2.05) is 26.0 Å². The lowest BCUT2D eigenvalue weighted by molar-refractivity contribution is -0.140. The summed E-state index contributed by atoms with van der Waals surface area (Å²) in [7, 11) is 2.79. The molecular formula is C20H22O6. The molecule has 0 atom stereocenters. The van der Waals surface area contributed by atoms with Crippen LogP contribution in [-0.2, 0) is 16.0 Å². The van der Waals surface area contributed by atoms with E-state index in [1.54, 1.807) is 12.1 Å². The lowest BCUT2D eigenvalue weighted by atomic mass is 10.0. The number of aryl methyl sites for hydroxylation is 3. The fraction of sp³-hybridized carbons (Fsp3) is 0.300. The van der Waals surface area contributed by atoms with Crippen LogP contribution in [0.25, 0.3) is 0 Å². The van der Waals surface area contributed by atoms with Crippen LogP contribution in [0.15, 0.2) is 30.3 Å². The lowest BCUT2D eigenvalue weighted by Gasteiger charge is -2.15. The summed E-state index contributed by atoms with van der Waals surface area (Å²) in [5, 5.41) is 9.28. The summed E-state index contributed by atoms with van der Waals surface area (Å²) >= 11 is 0. The number of methoxy groups -OCH3 is 2. The van der Waals surface area contributed by atoms with Crippen molar-refractivity contribution in [1.29, 1.82) is 0 Å². The normalized spacial score (nSPS) is 10.3. The van der Waals surface area contributed by atoms with Crippen molar-refractivity contribution >= 4 is 11.9 Å². The number of carboxylic acids is 1. The second-order valence-electron chi connectivity index (χ2n) is 5.90. The average Bonchev–Trinajstić information content (AvgIpc) is 2.62. The molecule has 0 fully saturated rings. The van der Waals surface area contributed by atoms with Gasteiger partial charge in [0.2, 0.25) is 0 Å². The highest BCUT2D eigenvalue weighted by Crippen LogP contribution is 2.32. The molecule has 0 aliphatic rings. The molecule has 0 saturated carbocycles. The van der Waals surface area contributed by atoms with Gasteiger partial charge in [-0.2, -0.15) is 0 Å². The number of ether oxygens (including phenoxy) is 3. The molecule has 0 aliphatic heterocycles. The Balaban J connectivity index is 2.26. The number of esters is 1. The SMILES string of the molecule is COC(=O)CCc1cc(C)c(Oc2ccc(OC)c(C(=O)O)c2)c(C)c1. The van der Waals surface area contributed by atoms with E-state index in [4.69, 9.17) is 9.47 Å². The first-order valence-electron chi connectivity index (χ1n) is 8.11. The summed E-state index contributed by atoms with van der Waals surface area (Å²) in [4.78, 5) is 22.6. The number of carbonyl (C=O) groups is 2. The summed E-state index contributed by atoms with van der Waals surface area (Å²) in [6.07, 6.45) is 0.899. The molecule has 0 radical (unpaired) electrons. The zero-order chi connectivity index (χ0) is 19.3. The van der Waals surface area contributed by atoms with Crippen molar-refractivity contribution in [2.45, 2.75) is 26.7 Å². The number of hydrogen-bond acceptors (Lipinski definition) is 5. The number of aromatic carboxylic acids is 1. The van der Waals surface area contributed by atoms with Crippen molar-refractivity contribution in [3.63, 3.8) is 0 Å². The largest absolute Gasteiger partial charge is 0.496 e. The minimum Gasteiger partial charge on any atom is -0.496 e. The van der Waals surface area contributed by atoms with Crippen LogP contribution in [0.5, 0.6) is 17.2 Å². The number of rotatable bonds is 7. The van der Waals surface area contributed by atoms with Gasteiger partial charge in [0.1, 0.15) is 22.8 Å². The lowest BCUT2D eigenvalue weighted by Crippen LogP contribution is -2.03. The number of hydrogen-bond donors (Lipinski definition) is 1. The minimum absolute atomic E-state index is 0.0370. The van der Waals surface area contributed by atoms with Gasteiger partial charge in [-0.05, 0) is 55.2 Å². The molecule has 2 aromatic rings. The Morgan fingerprint density at radius 1 is 1.04 bits per heavy atom. The maximum absolute atomic E-state index is 11.3. The number of carboxylic acid groups (broad SMARTS) is 1. The first-order valence-corrected chi connectivity index (χ1v) is 8.11. The smallest absolute Gasteiger partial charge is 0.339 e. The molecule has 26 heavy (non-hydrogen) atoms. The molecule has 0 aromatic heterocycles. The highest BCUT2D eigenvalue weighted by atomic mass is 16.5. The van der Waals surface area contributed by atoms with Crippen LogP contribution < -0.4 is 9.47 Å². The maximum atomic E-state index is 11.3. The van der Waals surface area contributed by atoms with Gasteiger partial charge in [-0.15, -0.1) is 0 Å². The van der Waals surface area contributed by atoms with Crippen LogP contribution in [0.1, 0.15) is 33.5 Å². The van der Waals surface area contributed by atoms with Gasteiger partial charge in [0.05, 0.1) is 14.2 Å². The number of benzene rings is 2. The van der Waals surface area contributed by atoms with E-state index in [9.17, 15) is 14.7 Å². The van der Waals surface area contributed by atoms with Gasteiger partial charge >= 0.3 is 11.9 Å². The molecule has 2 aromatic carbocycles. The highest BCUT2D eigenvalue weighted by molar-refractivity contribution is 5.91. The third-order valence-corrected chi connectivity index (χ3v) is 3.99. The monoisotopic (exact) mass is 358 g/mol. The molecule has 1 N–H and O–H groups in total. The van der Waals surface area contributed by atoms with E-state index in [2.05, 4.69) is 4.74 Å². The fourth-order valence-electron chi connectivity index (χ4n) is 2.73. The van der Waals surface area contributed by atoms with Crippen molar-refractivity contribution in [2.75, 3.05) is 14.2 Å². The van der Waals surface area contributed by atoms with Crippen LogP contribution in [-0.4, -0.2) is 31.3 Å². The summed E-state index contributed by atoms with van der Waals surface area (Å²) in [6.45, 7) is 3.82. The molecule has 0 unspecified atom stereocenters.